The SMILES string of the molecule is CCC(N)CCNCCC(=O)OCCCCCOC(=O)CCN(CCCCO)CCC(=O)OCCCCCOC(=O)CCNCCC(N)CC. The molecule has 0 radical (unpaired) electrons. The highest BCUT2D eigenvalue weighted by molar-refractivity contribution is 5.70. The Balaban J connectivity index is 3.92. The maximum absolute atomic E-state index is 12.3. The van der Waals surface area contributed by atoms with Crippen molar-refractivity contribution in [3.05, 3.63) is 0 Å². The molecule has 7 N–H and O–H groups in total. The second-order valence-corrected chi connectivity index (χ2v) is 12.7. The van der Waals surface area contributed by atoms with E-state index in [1.165, 1.54) is 0 Å². The van der Waals surface area contributed by atoms with Crippen LogP contribution in [0.4, 0.5) is 0 Å². The molecule has 0 aromatic heterocycles. The monoisotopic (exact) mass is 718 g/mol. The minimum atomic E-state index is -0.298. The molecule has 2 unspecified atom stereocenters. The van der Waals surface area contributed by atoms with Gasteiger partial charge in [0.05, 0.1) is 52.1 Å². The average Bonchev–Trinajstić information content (AvgIpc) is 3.11. The summed E-state index contributed by atoms with van der Waals surface area (Å²) in [6, 6.07) is 0.377. The van der Waals surface area contributed by atoms with E-state index in [9.17, 15) is 19.2 Å². The zero-order chi connectivity index (χ0) is 37.1. The summed E-state index contributed by atoms with van der Waals surface area (Å²) >= 11 is 0. The molecule has 50 heavy (non-hydrogen) atoms. The smallest absolute Gasteiger partial charge is 0.307 e. The van der Waals surface area contributed by atoms with Gasteiger partial charge in [0.25, 0.3) is 0 Å². The Bertz CT molecular complexity index is 791. The summed E-state index contributed by atoms with van der Waals surface area (Å²) in [7, 11) is 0. The summed E-state index contributed by atoms with van der Waals surface area (Å²) in [6.07, 6.45) is 10.5. The Hall–Kier alpha value is -2.36. The van der Waals surface area contributed by atoms with Gasteiger partial charge >= 0.3 is 23.9 Å². The standard InChI is InChI=1S/C36H71N5O9/c1-3-31(37)13-19-39-21-15-33(43)47-27-9-5-11-29-49-35(45)17-24-41(23-7-8-26-42)25-18-36(46)50-30-12-6-10-28-48-34(44)16-22-40-20-14-32(38)4-2/h31-32,39-40,42H,3-30,37-38H2,1-2H3. The molecule has 14 nitrogen and oxygen atoms in total. The average molecular weight is 718 g/mol. The van der Waals surface area contributed by atoms with Gasteiger partial charge in [0.2, 0.25) is 0 Å². The summed E-state index contributed by atoms with van der Waals surface area (Å²) < 4.78 is 21.2. The second-order valence-electron chi connectivity index (χ2n) is 12.7. The van der Waals surface area contributed by atoms with E-state index in [1.54, 1.807) is 0 Å². The van der Waals surface area contributed by atoms with Crippen molar-refractivity contribution in [2.75, 3.05) is 78.8 Å². The molecule has 0 fully saturated rings. The zero-order valence-corrected chi connectivity index (χ0v) is 31.3. The number of unbranched alkanes of at least 4 members (excludes halogenated alkanes) is 5. The quantitative estimate of drug-likeness (QED) is 0.0359. The Morgan fingerprint density at radius 2 is 0.920 bits per heavy atom. The molecule has 0 aliphatic carbocycles. The number of carbonyl (C=O) groups excluding carboxylic acids is 4. The summed E-state index contributed by atoms with van der Waals surface area (Å²) in [5, 5.41) is 15.5. The van der Waals surface area contributed by atoms with Gasteiger partial charge in [-0.1, -0.05) is 13.8 Å². The van der Waals surface area contributed by atoms with Gasteiger partial charge < -0.3 is 51.1 Å². The van der Waals surface area contributed by atoms with Crippen LogP contribution in [0, 0.1) is 0 Å². The highest BCUT2D eigenvalue weighted by atomic mass is 16.5. The third-order valence-electron chi connectivity index (χ3n) is 8.22. The lowest BCUT2D eigenvalue weighted by molar-refractivity contribution is -0.145. The van der Waals surface area contributed by atoms with Crippen molar-refractivity contribution in [1.29, 1.82) is 0 Å². The third-order valence-corrected chi connectivity index (χ3v) is 8.22. The molecule has 0 saturated carbocycles. The lowest BCUT2D eigenvalue weighted by Gasteiger charge is -2.21. The summed E-state index contributed by atoms with van der Waals surface area (Å²) in [5.41, 5.74) is 11.7. The molecule has 294 valence electrons. The highest BCUT2D eigenvalue weighted by Gasteiger charge is 2.13. The second kappa shape index (κ2) is 35.1. The van der Waals surface area contributed by atoms with Gasteiger partial charge in [-0.15, -0.1) is 0 Å². The normalized spacial score (nSPS) is 12.4. The van der Waals surface area contributed by atoms with Gasteiger partial charge in [-0.2, -0.15) is 0 Å². The minimum Gasteiger partial charge on any atom is -0.466 e. The molecule has 0 saturated heterocycles. The fraction of sp³-hybridized carbons (Fsp3) is 0.889. The fourth-order valence-corrected chi connectivity index (χ4v) is 4.69. The van der Waals surface area contributed by atoms with E-state index in [0.29, 0.717) is 104 Å². The lowest BCUT2D eigenvalue weighted by Crippen LogP contribution is -2.31. The van der Waals surface area contributed by atoms with Crippen LogP contribution in [-0.4, -0.2) is 125 Å². The number of nitrogens with zero attached hydrogens (tertiary/aromatic N) is 1. The minimum absolute atomic E-state index is 0.0914. The number of aliphatic hydroxyl groups is 1. The number of hydrogen-bond acceptors (Lipinski definition) is 14. The van der Waals surface area contributed by atoms with Gasteiger partial charge in [-0.3, -0.25) is 19.2 Å². The molecule has 14 heteroatoms. The predicted molar refractivity (Wildman–Crippen MR) is 194 cm³/mol. The molecule has 0 aromatic carbocycles. The molecular weight excluding hydrogens is 646 g/mol. The van der Waals surface area contributed by atoms with Crippen molar-refractivity contribution in [3.63, 3.8) is 0 Å². The van der Waals surface area contributed by atoms with Crippen molar-refractivity contribution in [2.24, 2.45) is 11.5 Å². The number of esters is 4. The first kappa shape index (κ1) is 47.6. The van der Waals surface area contributed by atoms with Crippen LogP contribution >= 0.6 is 0 Å². The van der Waals surface area contributed by atoms with Crippen LogP contribution in [0.5, 0.6) is 0 Å². The van der Waals surface area contributed by atoms with Crippen LogP contribution < -0.4 is 22.1 Å². The highest BCUT2D eigenvalue weighted by Crippen LogP contribution is 2.05. The number of hydrogen-bond donors (Lipinski definition) is 5. The maximum atomic E-state index is 12.3. The molecule has 0 bridgehead atoms. The van der Waals surface area contributed by atoms with Gasteiger partial charge in [0, 0.05) is 44.9 Å². The van der Waals surface area contributed by atoms with E-state index in [-0.39, 0.29) is 55.4 Å². The molecule has 0 rings (SSSR count). The number of rotatable bonds is 36. The molecule has 0 spiro atoms. The van der Waals surface area contributed by atoms with Crippen LogP contribution in [0.3, 0.4) is 0 Å². The summed E-state index contributed by atoms with van der Waals surface area (Å²) in [6.45, 7) is 9.81. The summed E-state index contributed by atoms with van der Waals surface area (Å²) in [4.78, 5) is 50.2. The van der Waals surface area contributed by atoms with Crippen LogP contribution in [0.2, 0.25) is 0 Å². The van der Waals surface area contributed by atoms with E-state index >= 15 is 0 Å². The Labute approximate surface area is 301 Å². The van der Waals surface area contributed by atoms with Gasteiger partial charge in [0.1, 0.15) is 0 Å². The Morgan fingerprint density at radius 1 is 0.540 bits per heavy atom. The Morgan fingerprint density at radius 3 is 1.28 bits per heavy atom. The van der Waals surface area contributed by atoms with Gasteiger partial charge in [-0.25, -0.2) is 0 Å². The fourth-order valence-electron chi connectivity index (χ4n) is 4.69. The maximum Gasteiger partial charge on any atom is 0.307 e. The van der Waals surface area contributed by atoms with Crippen LogP contribution in [-0.2, 0) is 38.1 Å². The molecule has 0 aromatic rings. The molecule has 0 amide bonds. The van der Waals surface area contributed by atoms with Crippen LogP contribution in [0.25, 0.3) is 0 Å². The van der Waals surface area contributed by atoms with E-state index in [1.807, 2.05) is 4.90 Å². The number of nitrogens with two attached hydrogens (primary N) is 2. The zero-order valence-electron chi connectivity index (χ0n) is 31.3. The molecule has 0 heterocycles. The van der Waals surface area contributed by atoms with Crippen molar-refractivity contribution < 1.29 is 43.2 Å². The number of ether oxygens (including phenoxy) is 4. The first-order valence-electron chi connectivity index (χ1n) is 19.1. The first-order chi connectivity index (χ1) is 24.2. The van der Waals surface area contributed by atoms with E-state index < -0.39 is 0 Å². The number of nitrogens with one attached hydrogen (secondary N) is 2. The van der Waals surface area contributed by atoms with E-state index in [2.05, 4.69) is 24.5 Å². The van der Waals surface area contributed by atoms with Gasteiger partial charge in [0.15, 0.2) is 0 Å². The summed E-state index contributed by atoms with van der Waals surface area (Å²) in [5.74, 6) is -1.05. The molecule has 0 aliphatic heterocycles. The largest absolute Gasteiger partial charge is 0.466 e. The molecular formula is C36H71N5O9. The number of aliphatic hydroxyl groups excluding tert-OH is 1. The van der Waals surface area contributed by atoms with Crippen LogP contribution in [0.15, 0.2) is 0 Å². The van der Waals surface area contributed by atoms with E-state index in [4.69, 9.17) is 35.5 Å². The molecule has 0 aliphatic rings. The predicted octanol–water partition coefficient (Wildman–Crippen LogP) is 2.57. The van der Waals surface area contributed by atoms with Crippen molar-refractivity contribution >= 4 is 23.9 Å². The van der Waals surface area contributed by atoms with Gasteiger partial charge in [-0.05, 0) is 96.7 Å². The van der Waals surface area contributed by atoms with Crippen molar-refractivity contribution in [1.82, 2.24) is 15.5 Å². The van der Waals surface area contributed by atoms with Crippen molar-refractivity contribution in [2.45, 2.75) is 129 Å². The Kier molecular flexibility index (Phi) is 33.4. The van der Waals surface area contributed by atoms with Crippen LogP contribution in [0.1, 0.15) is 117 Å². The van der Waals surface area contributed by atoms with E-state index in [0.717, 1.165) is 58.0 Å². The number of carbonyl (C=O) groups is 4. The first-order valence-corrected chi connectivity index (χ1v) is 19.1. The molecule has 2 atom stereocenters. The topological polar surface area (TPSA) is 205 Å². The third kappa shape index (κ3) is 32.8. The van der Waals surface area contributed by atoms with Crippen molar-refractivity contribution in [3.8, 4) is 0 Å². The lowest BCUT2D eigenvalue weighted by atomic mass is 10.2.